The average molecular weight is 471 g/mol. The summed E-state index contributed by atoms with van der Waals surface area (Å²) < 4.78 is 6.35. The average Bonchev–Trinajstić information content (AvgIpc) is 2.87. The van der Waals surface area contributed by atoms with E-state index in [1.807, 2.05) is 6.07 Å². The van der Waals surface area contributed by atoms with Crippen molar-refractivity contribution in [3.05, 3.63) is 101 Å². The second kappa shape index (κ2) is 10.4. The van der Waals surface area contributed by atoms with Crippen LogP contribution in [0.3, 0.4) is 0 Å². The normalized spacial score (nSPS) is 13.8. The van der Waals surface area contributed by atoms with E-state index in [-0.39, 0.29) is 0 Å². The van der Waals surface area contributed by atoms with Crippen LogP contribution in [0, 0.1) is 6.92 Å². The van der Waals surface area contributed by atoms with E-state index in [9.17, 15) is 0 Å². The minimum absolute atomic E-state index is 0.550. The fraction of sp³-hybridized carbons (Fsp3) is 0.267. The third-order valence-corrected chi connectivity index (χ3v) is 7.06. The van der Waals surface area contributed by atoms with E-state index in [1.54, 1.807) is 0 Å². The van der Waals surface area contributed by atoms with Crippen LogP contribution < -0.4 is 15.0 Å². The van der Waals surface area contributed by atoms with Gasteiger partial charge in [-0.15, -0.1) is 0 Å². The number of piperidine rings is 1. The molecule has 0 aromatic heterocycles. The molecule has 1 aliphatic heterocycles. The van der Waals surface area contributed by atoms with Gasteiger partial charge >= 0.3 is 0 Å². The first-order valence-corrected chi connectivity index (χ1v) is 12.5. The molecule has 0 bridgehead atoms. The van der Waals surface area contributed by atoms with Gasteiger partial charge in [0.1, 0.15) is 12.4 Å². The number of rotatable bonds is 7. The number of fused-ring (bicyclic) bond motifs is 1. The van der Waals surface area contributed by atoms with Crippen molar-refractivity contribution in [3.63, 3.8) is 0 Å². The van der Waals surface area contributed by atoms with Gasteiger partial charge in [0.25, 0.3) is 0 Å². The molecule has 1 N–H and O–H groups in total. The molecule has 1 saturated heterocycles. The number of hydrogen-bond donors (Lipinski definition) is 1. The highest BCUT2D eigenvalue weighted by atomic mass is 35.5. The molecule has 0 saturated carbocycles. The number of benzene rings is 4. The lowest BCUT2D eigenvalue weighted by Gasteiger charge is -2.29. The highest BCUT2D eigenvalue weighted by Crippen LogP contribution is 2.33. The molecule has 0 atom stereocenters. The maximum absolute atomic E-state index is 6.70. The summed E-state index contributed by atoms with van der Waals surface area (Å²) in [6, 6.07) is 27.4. The molecular weight excluding hydrogens is 440 g/mol. The van der Waals surface area contributed by atoms with Crippen molar-refractivity contribution in [1.82, 2.24) is 0 Å². The SMILES string of the molecule is Cc1ccccc1COc1ccc2ccccc2c1CNc1ccc(N2CCCCC2)c(Cl)c1. The Hall–Kier alpha value is -3.17. The standard InChI is InChI=1S/C30H31ClN2O/c1-22-9-3-4-11-24(22)21-34-30-16-13-23-10-5-6-12-26(23)27(30)20-32-25-14-15-29(28(31)19-25)33-17-7-2-8-18-33/h3-6,9-16,19,32H,2,7-8,17-18,20-21H2,1H3. The smallest absolute Gasteiger partial charge is 0.125 e. The fourth-order valence-electron chi connectivity index (χ4n) is 4.76. The van der Waals surface area contributed by atoms with Crippen LogP contribution in [-0.2, 0) is 13.2 Å². The highest BCUT2D eigenvalue weighted by Gasteiger charge is 2.15. The molecule has 0 aliphatic carbocycles. The van der Waals surface area contributed by atoms with Gasteiger partial charge in [-0.3, -0.25) is 0 Å². The predicted octanol–water partition coefficient (Wildman–Crippen LogP) is 7.98. The maximum atomic E-state index is 6.70. The monoisotopic (exact) mass is 470 g/mol. The Morgan fingerprint density at radius 3 is 2.50 bits per heavy atom. The Morgan fingerprint density at radius 1 is 0.882 bits per heavy atom. The van der Waals surface area contributed by atoms with Gasteiger partial charge in [0.05, 0.1) is 10.7 Å². The molecule has 4 heteroatoms. The molecule has 1 aliphatic rings. The van der Waals surface area contributed by atoms with E-state index < -0.39 is 0 Å². The van der Waals surface area contributed by atoms with Gasteiger partial charge in [0, 0.05) is 30.9 Å². The highest BCUT2D eigenvalue weighted by molar-refractivity contribution is 6.33. The van der Waals surface area contributed by atoms with Gasteiger partial charge in [-0.1, -0.05) is 66.2 Å². The van der Waals surface area contributed by atoms with Gasteiger partial charge in [0.15, 0.2) is 0 Å². The van der Waals surface area contributed by atoms with E-state index in [2.05, 4.69) is 89.9 Å². The molecule has 4 aromatic rings. The van der Waals surface area contributed by atoms with Crippen molar-refractivity contribution in [2.24, 2.45) is 0 Å². The molecule has 0 radical (unpaired) electrons. The third-order valence-electron chi connectivity index (χ3n) is 6.76. The van der Waals surface area contributed by atoms with Gasteiger partial charge in [-0.2, -0.15) is 0 Å². The number of ether oxygens (including phenoxy) is 1. The van der Waals surface area contributed by atoms with Crippen LogP contribution in [-0.4, -0.2) is 13.1 Å². The number of nitrogens with one attached hydrogen (secondary N) is 1. The summed E-state index contributed by atoms with van der Waals surface area (Å²) in [5, 5.41) is 6.81. The third kappa shape index (κ3) is 5.00. The Bertz CT molecular complexity index is 1280. The second-order valence-electron chi connectivity index (χ2n) is 9.05. The van der Waals surface area contributed by atoms with E-state index in [0.29, 0.717) is 13.2 Å². The van der Waals surface area contributed by atoms with Crippen molar-refractivity contribution in [2.45, 2.75) is 39.3 Å². The summed E-state index contributed by atoms with van der Waals surface area (Å²) in [7, 11) is 0. The number of nitrogens with zero attached hydrogens (tertiary/aromatic N) is 1. The second-order valence-corrected chi connectivity index (χ2v) is 9.45. The molecule has 3 nitrogen and oxygen atoms in total. The largest absolute Gasteiger partial charge is 0.489 e. The summed E-state index contributed by atoms with van der Waals surface area (Å²) in [6.07, 6.45) is 3.79. The number of halogens is 1. The number of hydrogen-bond acceptors (Lipinski definition) is 3. The van der Waals surface area contributed by atoms with Crippen LogP contribution in [0.2, 0.25) is 5.02 Å². The van der Waals surface area contributed by atoms with Crippen molar-refractivity contribution in [2.75, 3.05) is 23.3 Å². The van der Waals surface area contributed by atoms with Crippen molar-refractivity contribution in [1.29, 1.82) is 0 Å². The van der Waals surface area contributed by atoms with E-state index in [1.165, 1.54) is 41.2 Å². The van der Waals surface area contributed by atoms with Crippen LogP contribution in [0.25, 0.3) is 10.8 Å². The molecule has 0 spiro atoms. The van der Waals surface area contributed by atoms with Gasteiger partial charge in [-0.05, 0) is 72.4 Å². The maximum Gasteiger partial charge on any atom is 0.125 e. The summed E-state index contributed by atoms with van der Waals surface area (Å²) >= 11 is 6.70. The number of aryl methyl sites for hydroxylation is 1. The molecule has 0 amide bonds. The topological polar surface area (TPSA) is 24.5 Å². The van der Waals surface area contributed by atoms with E-state index in [0.717, 1.165) is 40.8 Å². The Morgan fingerprint density at radius 2 is 1.68 bits per heavy atom. The summed E-state index contributed by atoms with van der Waals surface area (Å²) in [5.41, 5.74) is 5.76. The molecular formula is C30H31ClN2O. The zero-order chi connectivity index (χ0) is 23.3. The predicted molar refractivity (Wildman–Crippen MR) is 144 cm³/mol. The van der Waals surface area contributed by atoms with E-state index in [4.69, 9.17) is 16.3 Å². The van der Waals surface area contributed by atoms with Crippen molar-refractivity contribution in [3.8, 4) is 5.75 Å². The molecule has 0 unspecified atom stereocenters. The lowest BCUT2D eigenvalue weighted by atomic mass is 10.0. The lowest BCUT2D eigenvalue weighted by Crippen LogP contribution is -2.29. The molecule has 1 heterocycles. The zero-order valence-electron chi connectivity index (χ0n) is 19.7. The molecule has 174 valence electrons. The molecule has 34 heavy (non-hydrogen) atoms. The zero-order valence-corrected chi connectivity index (χ0v) is 20.4. The number of anilines is 2. The van der Waals surface area contributed by atoms with Crippen LogP contribution >= 0.6 is 11.6 Å². The first-order chi connectivity index (χ1) is 16.7. The lowest BCUT2D eigenvalue weighted by molar-refractivity contribution is 0.303. The fourth-order valence-corrected chi connectivity index (χ4v) is 5.06. The Kier molecular flexibility index (Phi) is 6.92. The summed E-state index contributed by atoms with van der Waals surface area (Å²) in [5.74, 6) is 0.908. The van der Waals surface area contributed by atoms with Gasteiger partial charge in [-0.25, -0.2) is 0 Å². The van der Waals surface area contributed by atoms with Crippen LogP contribution in [0.4, 0.5) is 11.4 Å². The quantitative estimate of drug-likeness (QED) is 0.296. The first-order valence-electron chi connectivity index (χ1n) is 12.2. The van der Waals surface area contributed by atoms with Crippen molar-refractivity contribution >= 4 is 33.7 Å². The van der Waals surface area contributed by atoms with Gasteiger partial charge in [0.2, 0.25) is 0 Å². The van der Waals surface area contributed by atoms with Crippen molar-refractivity contribution < 1.29 is 4.74 Å². The van der Waals surface area contributed by atoms with Crippen LogP contribution in [0.15, 0.2) is 78.9 Å². The van der Waals surface area contributed by atoms with Crippen LogP contribution in [0.5, 0.6) is 5.75 Å². The summed E-state index contributed by atoms with van der Waals surface area (Å²) in [6.45, 7) is 5.51. The minimum Gasteiger partial charge on any atom is -0.489 e. The summed E-state index contributed by atoms with van der Waals surface area (Å²) in [4.78, 5) is 2.40. The molecule has 1 fully saturated rings. The molecule has 5 rings (SSSR count). The van der Waals surface area contributed by atoms with Gasteiger partial charge < -0.3 is 15.0 Å². The van der Waals surface area contributed by atoms with E-state index >= 15 is 0 Å². The molecule has 4 aromatic carbocycles. The van der Waals surface area contributed by atoms with Crippen LogP contribution in [0.1, 0.15) is 36.0 Å². The first kappa shape index (κ1) is 22.6. The minimum atomic E-state index is 0.550. The Labute approximate surface area is 207 Å². The Balaban J connectivity index is 1.37.